The molecule has 16 heteroatoms. The van der Waals surface area contributed by atoms with Crippen LogP contribution in [0, 0.1) is 23.2 Å². The second-order valence-electron chi connectivity index (χ2n) is 19.0. The van der Waals surface area contributed by atoms with E-state index in [0.717, 1.165) is 25.8 Å². The van der Waals surface area contributed by atoms with Crippen molar-refractivity contribution in [3.63, 3.8) is 0 Å². The van der Waals surface area contributed by atoms with E-state index in [9.17, 15) is 24.3 Å². The molecule has 3 saturated carbocycles. The maximum absolute atomic E-state index is 13.6. The number of aryl methyl sites for hydroxylation is 1. The third kappa shape index (κ3) is 11.1. The zero-order chi connectivity index (χ0) is 44.8. The summed E-state index contributed by atoms with van der Waals surface area (Å²) < 4.78 is 12.7. The number of aliphatic hydroxyl groups excluding tert-OH is 1. The van der Waals surface area contributed by atoms with E-state index in [0.29, 0.717) is 57.2 Å². The van der Waals surface area contributed by atoms with E-state index < -0.39 is 60.9 Å². The first-order valence-corrected chi connectivity index (χ1v) is 22.9. The van der Waals surface area contributed by atoms with E-state index in [1.165, 1.54) is 42.0 Å². The number of hydrogen-bond acceptors (Lipinski definition) is 11. The van der Waals surface area contributed by atoms with Crippen molar-refractivity contribution in [3.8, 4) is 11.1 Å². The second kappa shape index (κ2) is 20.7. The predicted molar refractivity (Wildman–Crippen MR) is 239 cm³/mol. The Labute approximate surface area is 367 Å². The molecule has 4 amide bonds. The Morgan fingerprint density at radius 2 is 1.50 bits per heavy atom. The molecule has 5 fully saturated rings. The number of piperidine rings is 1. The molecule has 5 aliphatic rings. The van der Waals surface area contributed by atoms with Gasteiger partial charge >= 0.3 is 7.12 Å². The Hall–Kier alpha value is -3.90. The van der Waals surface area contributed by atoms with E-state index in [4.69, 9.17) is 26.5 Å². The van der Waals surface area contributed by atoms with Gasteiger partial charge in [-0.25, -0.2) is 0 Å². The number of benzene rings is 2. The third-order valence-electron chi connectivity index (χ3n) is 14.2. The Kier molecular flexibility index (Phi) is 15.9. The van der Waals surface area contributed by atoms with Gasteiger partial charge < -0.3 is 52.9 Å². The fourth-order valence-electron chi connectivity index (χ4n) is 10.1. The molecule has 9 atom stereocenters. The number of hydrogen-bond donors (Lipinski definition) is 8. The number of aliphatic hydroxyl groups is 1. The molecule has 2 saturated heterocycles. The summed E-state index contributed by atoms with van der Waals surface area (Å²) in [4.78, 5) is 56.0. The van der Waals surface area contributed by atoms with Crippen molar-refractivity contribution in [1.82, 2.24) is 26.2 Å². The Morgan fingerprint density at radius 1 is 0.855 bits per heavy atom. The molecule has 2 bridgehead atoms. The summed E-state index contributed by atoms with van der Waals surface area (Å²) in [7, 11) is -0.862. The quantitative estimate of drug-likeness (QED) is 0.0547. The lowest BCUT2D eigenvalue weighted by Crippen LogP contribution is -2.65. The van der Waals surface area contributed by atoms with Gasteiger partial charge in [0.25, 0.3) is 5.91 Å². The standard InChI is InChI=1S/C46H71BN8O7/c1-6-7-10-29-12-16-31(17-13-29)32-18-14-30(15-19-32)27-55-23-20-33(21-24-55)40(57)52-38(28(2)56)42(59)53-39(49)43(60)51-35(11-8-9-22-48)41(58)54-44(50)47-61-37-26-34-25-36(45(34,3)4)46(37,5)62-47/h12-19,28,33-39,44,56H,6-11,20-27,48-50H2,1-5H3,(H,51,60)(H,52,57)(H,53,59)(H,54,58)/t28-,34+,35+,36+,37?,38+,39-,44-,46+/m1/s1. The summed E-state index contributed by atoms with van der Waals surface area (Å²) in [5.41, 5.74) is 22.8. The number of nitrogens with one attached hydrogen (secondary N) is 4. The maximum atomic E-state index is 13.6. The summed E-state index contributed by atoms with van der Waals surface area (Å²) in [6.07, 6.45) is 4.95. The lowest BCUT2D eigenvalue weighted by molar-refractivity contribution is -0.199. The number of carbonyl (C=O) groups excluding carboxylic acids is 4. The zero-order valence-electron chi connectivity index (χ0n) is 37.4. The number of nitrogens with zero attached hydrogens (tertiary/aromatic N) is 1. The van der Waals surface area contributed by atoms with Crippen molar-refractivity contribution in [2.24, 2.45) is 40.4 Å². The number of unbranched alkanes of at least 4 members (excludes halogenated alkanes) is 2. The van der Waals surface area contributed by atoms with Crippen molar-refractivity contribution in [2.75, 3.05) is 19.6 Å². The van der Waals surface area contributed by atoms with Crippen LogP contribution in [0.2, 0.25) is 0 Å². The van der Waals surface area contributed by atoms with Gasteiger partial charge in [-0.1, -0.05) is 75.7 Å². The lowest BCUT2D eigenvalue weighted by Gasteiger charge is -2.64. The summed E-state index contributed by atoms with van der Waals surface area (Å²) in [5.74, 6) is -2.07. The fourth-order valence-corrected chi connectivity index (χ4v) is 10.1. The van der Waals surface area contributed by atoms with E-state index in [1.54, 1.807) is 0 Å². The van der Waals surface area contributed by atoms with Crippen molar-refractivity contribution in [1.29, 1.82) is 0 Å². The highest BCUT2D eigenvalue weighted by Crippen LogP contribution is 2.65. The van der Waals surface area contributed by atoms with Gasteiger partial charge in [0.1, 0.15) is 18.1 Å². The molecule has 15 nitrogen and oxygen atoms in total. The Balaban J connectivity index is 0.952. The summed E-state index contributed by atoms with van der Waals surface area (Å²) in [5, 5.41) is 21.0. The summed E-state index contributed by atoms with van der Waals surface area (Å²) in [6, 6.07) is 14.0. The molecule has 2 aromatic carbocycles. The smallest absolute Gasteiger partial charge is 0.403 e. The molecule has 1 unspecified atom stereocenters. The van der Waals surface area contributed by atoms with Gasteiger partial charge in [0.05, 0.1) is 17.8 Å². The Morgan fingerprint density at radius 3 is 2.10 bits per heavy atom. The average Bonchev–Trinajstić information content (AvgIpc) is 3.62. The molecule has 2 aliphatic heterocycles. The molecule has 0 aromatic heterocycles. The highest BCUT2D eigenvalue weighted by atomic mass is 16.7. The van der Waals surface area contributed by atoms with Crippen LogP contribution >= 0.6 is 0 Å². The van der Waals surface area contributed by atoms with Gasteiger partial charge in [-0.05, 0) is 131 Å². The fraction of sp³-hybridized carbons (Fsp3) is 0.652. The van der Waals surface area contributed by atoms with Gasteiger partial charge in [0, 0.05) is 12.5 Å². The number of amides is 4. The second-order valence-corrected chi connectivity index (χ2v) is 19.0. The van der Waals surface area contributed by atoms with Crippen molar-refractivity contribution in [2.45, 2.75) is 147 Å². The van der Waals surface area contributed by atoms with Crippen LogP contribution in [-0.2, 0) is 41.5 Å². The zero-order valence-corrected chi connectivity index (χ0v) is 37.4. The lowest BCUT2D eigenvalue weighted by atomic mass is 9.43. The van der Waals surface area contributed by atoms with Gasteiger partial charge in [-0.2, -0.15) is 0 Å². The van der Waals surface area contributed by atoms with Gasteiger partial charge in [-0.3, -0.25) is 24.1 Å². The monoisotopic (exact) mass is 859 g/mol. The highest BCUT2D eigenvalue weighted by molar-refractivity contribution is 6.47. The molecular formula is C46H71BN8O7. The first kappa shape index (κ1) is 47.6. The molecule has 2 heterocycles. The molecule has 62 heavy (non-hydrogen) atoms. The Bertz CT molecular complexity index is 1840. The third-order valence-corrected chi connectivity index (χ3v) is 14.2. The minimum Gasteiger partial charge on any atom is -0.403 e. The maximum Gasteiger partial charge on any atom is 0.497 e. The molecule has 3 aliphatic carbocycles. The first-order chi connectivity index (χ1) is 29.5. The normalized spacial score (nSPS) is 25.6. The average molecular weight is 859 g/mol. The van der Waals surface area contributed by atoms with Gasteiger partial charge in [0.15, 0.2) is 6.17 Å². The number of nitrogens with two attached hydrogens (primary N) is 3. The van der Waals surface area contributed by atoms with Crippen LogP contribution in [0.5, 0.6) is 0 Å². The van der Waals surface area contributed by atoms with E-state index in [1.807, 2.05) is 0 Å². The number of rotatable bonds is 20. The summed E-state index contributed by atoms with van der Waals surface area (Å²) >= 11 is 0. The first-order valence-electron chi connectivity index (χ1n) is 22.9. The molecule has 0 spiro atoms. The van der Waals surface area contributed by atoms with Gasteiger partial charge in [-0.15, -0.1) is 0 Å². The molecule has 0 radical (unpaired) electrons. The van der Waals surface area contributed by atoms with Gasteiger partial charge in [0.2, 0.25) is 17.7 Å². The van der Waals surface area contributed by atoms with Crippen molar-refractivity contribution < 1.29 is 33.6 Å². The van der Waals surface area contributed by atoms with Crippen LogP contribution in [0.1, 0.15) is 104 Å². The van der Waals surface area contributed by atoms with E-state index in [-0.39, 0.29) is 29.8 Å². The minimum atomic E-state index is -1.59. The van der Waals surface area contributed by atoms with E-state index in [2.05, 4.69) is 102 Å². The molecular weight excluding hydrogens is 787 g/mol. The van der Waals surface area contributed by atoms with E-state index >= 15 is 0 Å². The molecule has 340 valence electrons. The van der Waals surface area contributed by atoms with Crippen LogP contribution < -0.4 is 38.5 Å². The predicted octanol–water partition coefficient (Wildman–Crippen LogP) is 2.46. The van der Waals surface area contributed by atoms with Crippen molar-refractivity contribution in [3.05, 3.63) is 59.7 Å². The minimum absolute atomic E-state index is 0.124. The molecule has 2 aromatic rings. The topological polar surface area (TPSA) is 236 Å². The van der Waals surface area contributed by atoms with Crippen LogP contribution in [0.4, 0.5) is 0 Å². The SMILES string of the molecule is CCCCc1ccc(-c2ccc(CN3CCC(C(=O)N[C@H](C(=O)N[C@@H](N)C(=O)N[C@@H](CCCCN)C(=O)N[C@@H](N)B4OC5C[C@@H]6C[C@@H](C6(C)C)[C@]5(C)O4)[C@@H](C)O)CC3)cc2)cc1. The van der Waals surface area contributed by atoms with Crippen LogP contribution in [-0.4, -0.2) is 103 Å². The number of likely N-dealkylation sites (tertiary alicyclic amines) is 1. The summed E-state index contributed by atoms with van der Waals surface area (Å²) in [6.45, 7) is 12.7. The molecule has 11 N–H and O–H groups in total. The van der Waals surface area contributed by atoms with Crippen molar-refractivity contribution >= 4 is 30.7 Å². The molecule has 7 rings (SSSR count). The largest absolute Gasteiger partial charge is 0.497 e. The highest BCUT2D eigenvalue weighted by Gasteiger charge is 2.68. The van der Waals surface area contributed by atoms with Crippen LogP contribution in [0.3, 0.4) is 0 Å². The van der Waals surface area contributed by atoms with Crippen LogP contribution in [0.25, 0.3) is 11.1 Å². The number of carbonyl (C=O) groups is 4. The van der Waals surface area contributed by atoms with Crippen LogP contribution in [0.15, 0.2) is 48.5 Å².